The standard InChI is InChI=1S/C24H36O3/c1-14(2)9-15-10-19-17-7-8-24(3)21(5-6-23(24)26)20(17)11-16(13-27-4)18(19)12-22(15)25/h10,12,14,16-17,20-21,23,25-26H,5-9,11,13H2,1-4H3/t16?,17?,20?,21?,23-,24-/m0/s1. The van der Waals surface area contributed by atoms with Crippen molar-refractivity contribution in [3.63, 3.8) is 0 Å². The molecule has 0 spiro atoms. The first kappa shape index (κ1) is 19.3. The van der Waals surface area contributed by atoms with Gasteiger partial charge in [0.1, 0.15) is 5.75 Å². The van der Waals surface area contributed by atoms with E-state index in [4.69, 9.17) is 4.74 Å². The Balaban J connectivity index is 1.76. The number of ether oxygens (including phenoxy) is 1. The Morgan fingerprint density at radius 1 is 1.19 bits per heavy atom. The lowest BCUT2D eigenvalue weighted by atomic mass is 9.54. The maximum Gasteiger partial charge on any atom is 0.119 e. The molecule has 27 heavy (non-hydrogen) atoms. The minimum Gasteiger partial charge on any atom is -0.508 e. The summed E-state index contributed by atoms with van der Waals surface area (Å²) in [5.74, 6) is 3.15. The molecule has 2 fully saturated rings. The molecule has 3 aliphatic carbocycles. The number of aliphatic hydroxyl groups excluding tert-OH is 1. The summed E-state index contributed by atoms with van der Waals surface area (Å²) in [6.45, 7) is 7.46. The van der Waals surface area contributed by atoms with Crippen LogP contribution in [0.4, 0.5) is 0 Å². The van der Waals surface area contributed by atoms with Crippen LogP contribution in [0.25, 0.3) is 0 Å². The molecule has 6 atom stereocenters. The summed E-state index contributed by atoms with van der Waals surface area (Å²) in [4.78, 5) is 0. The quantitative estimate of drug-likeness (QED) is 0.782. The van der Waals surface area contributed by atoms with E-state index in [1.54, 1.807) is 7.11 Å². The zero-order chi connectivity index (χ0) is 19.3. The lowest BCUT2D eigenvalue weighted by Gasteiger charge is -2.51. The lowest BCUT2D eigenvalue weighted by Crippen LogP contribution is -2.44. The third-order valence-electron chi connectivity index (χ3n) is 8.06. The van der Waals surface area contributed by atoms with Crippen LogP contribution in [0.15, 0.2) is 12.1 Å². The van der Waals surface area contributed by atoms with Crippen LogP contribution in [-0.2, 0) is 11.2 Å². The monoisotopic (exact) mass is 372 g/mol. The van der Waals surface area contributed by atoms with Crippen molar-refractivity contribution in [2.24, 2.45) is 23.2 Å². The van der Waals surface area contributed by atoms with Crippen molar-refractivity contribution in [2.45, 2.75) is 77.2 Å². The Bertz CT molecular complexity index is 697. The maximum atomic E-state index is 10.7. The number of benzene rings is 1. The second-order valence-electron chi connectivity index (χ2n) is 10.1. The van der Waals surface area contributed by atoms with E-state index >= 15 is 0 Å². The summed E-state index contributed by atoms with van der Waals surface area (Å²) >= 11 is 0. The Hall–Kier alpha value is -1.06. The van der Waals surface area contributed by atoms with Gasteiger partial charge < -0.3 is 14.9 Å². The van der Waals surface area contributed by atoms with Crippen LogP contribution < -0.4 is 0 Å². The van der Waals surface area contributed by atoms with Crippen molar-refractivity contribution < 1.29 is 14.9 Å². The largest absolute Gasteiger partial charge is 0.508 e. The van der Waals surface area contributed by atoms with Gasteiger partial charge >= 0.3 is 0 Å². The summed E-state index contributed by atoms with van der Waals surface area (Å²) in [7, 11) is 1.78. The molecule has 1 aromatic carbocycles. The zero-order valence-electron chi connectivity index (χ0n) is 17.4. The summed E-state index contributed by atoms with van der Waals surface area (Å²) in [5.41, 5.74) is 3.96. The second-order valence-corrected chi connectivity index (χ2v) is 10.1. The molecule has 0 heterocycles. The first-order valence-corrected chi connectivity index (χ1v) is 10.9. The molecule has 3 heteroatoms. The zero-order valence-corrected chi connectivity index (χ0v) is 17.4. The molecule has 0 aromatic heterocycles. The van der Waals surface area contributed by atoms with Gasteiger partial charge in [-0.1, -0.05) is 26.8 Å². The second kappa shape index (κ2) is 7.08. The molecule has 2 N–H and O–H groups in total. The molecule has 0 amide bonds. The van der Waals surface area contributed by atoms with Gasteiger partial charge in [0.2, 0.25) is 0 Å². The minimum atomic E-state index is -0.137. The highest BCUT2D eigenvalue weighted by Gasteiger charge is 2.55. The smallest absolute Gasteiger partial charge is 0.119 e. The number of hydrogen-bond donors (Lipinski definition) is 2. The molecule has 4 unspecified atom stereocenters. The van der Waals surface area contributed by atoms with E-state index in [-0.39, 0.29) is 11.5 Å². The summed E-state index contributed by atoms with van der Waals surface area (Å²) in [6.07, 6.45) is 6.31. The number of aromatic hydroxyl groups is 1. The molecular formula is C24H36O3. The van der Waals surface area contributed by atoms with E-state index in [0.29, 0.717) is 41.9 Å². The Morgan fingerprint density at radius 2 is 1.96 bits per heavy atom. The van der Waals surface area contributed by atoms with Crippen LogP contribution in [0.3, 0.4) is 0 Å². The molecule has 3 aliphatic rings. The number of hydrogen-bond acceptors (Lipinski definition) is 3. The highest BCUT2D eigenvalue weighted by Crippen LogP contribution is 2.62. The van der Waals surface area contributed by atoms with E-state index < -0.39 is 0 Å². The van der Waals surface area contributed by atoms with Crippen molar-refractivity contribution in [2.75, 3.05) is 13.7 Å². The highest BCUT2D eigenvalue weighted by atomic mass is 16.5. The van der Waals surface area contributed by atoms with Gasteiger partial charge in [-0.3, -0.25) is 0 Å². The van der Waals surface area contributed by atoms with Crippen molar-refractivity contribution in [3.05, 3.63) is 28.8 Å². The Labute approximate surface area is 164 Å². The molecule has 0 bridgehead atoms. The van der Waals surface area contributed by atoms with Crippen molar-refractivity contribution >= 4 is 0 Å². The van der Waals surface area contributed by atoms with Crippen LogP contribution in [-0.4, -0.2) is 30.0 Å². The average molecular weight is 373 g/mol. The number of methoxy groups -OCH3 is 1. The molecule has 3 nitrogen and oxygen atoms in total. The van der Waals surface area contributed by atoms with E-state index in [1.807, 2.05) is 6.07 Å². The van der Waals surface area contributed by atoms with E-state index in [2.05, 4.69) is 26.8 Å². The first-order valence-electron chi connectivity index (χ1n) is 10.9. The van der Waals surface area contributed by atoms with Gasteiger partial charge in [0.25, 0.3) is 0 Å². The Morgan fingerprint density at radius 3 is 2.67 bits per heavy atom. The van der Waals surface area contributed by atoms with E-state index in [0.717, 1.165) is 44.1 Å². The fraction of sp³-hybridized carbons (Fsp3) is 0.750. The van der Waals surface area contributed by atoms with Crippen LogP contribution >= 0.6 is 0 Å². The Kier molecular flexibility index (Phi) is 5.05. The molecule has 0 radical (unpaired) electrons. The van der Waals surface area contributed by atoms with Gasteiger partial charge in [0.15, 0.2) is 0 Å². The molecule has 2 saturated carbocycles. The number of rotatable bonds is 4. The average Bonchev–Trinajstić information content (AvgIpc) is 2.91. The van der Waals surface area contributed by atoms with Crippen LogP contribution in [0.5, 0.6) is 5.75 Å². The molecule has 150 valence electrons. The fourth-order valence-electron chi connectivity index (χ4n) is 6.74. The van der Waals surface area contributed by atoms with Gasteiger partial charge in [0.05, 0.1) is 12.7 Å². The molecule has 0 saturated heterocycles. The van der Waals surface area contributed by atoms with E-state index in [1.165, 1.54) is 11.1 Å². The number of aliphatic hydroxyl groups is 1. The molecular weight excluding hydrogens is 336 g/mol. The normalized spacial score (nSPS) is 37.8. The van der Waals surface area contributed by atoms with Gasteiger partial charge in [0, 0.05) is 13.0 Å². The summed E-state index contributed by atoms with van der Waals surface area (Å²) in [5, 5.41) is 21.3. The number of phenolic OH excluding ortho intramolecular Hbond substituents is 1. The van der Waals surface area contributed by atoms with Crippen LogP contribution in [0, 0.1) is 23.2 Å². The van der Waals surface area contributed by atoms with Crippen molar-refractivity contribution in [1.82, 2.24) is 0 Å². The van der Waals surface area contributed by atoms with Gasteiger partial charge in [-0.15, -0.1) is 0 Å². The van der Waals surface area contributed by atoms with Gasteiger partial charge in [-0.05, 0) is 90.4 Å². The molecule has 4 rings (SSSR count). The SMILES string of the molecule is COCC1CC2C(CC[C@@]3(C)C2CC[C@@H]3O)c2cc(CC(C)C)c(O)cc21. The van der Waals surface area contributed by atoms with Gasteiger partial charge in [-0.25, -0.2) is 0 Å². The maximum absolute atomic E-state index is 10.7. The topological polar surface area (TPSA) is 49.7 Å². The van der Waals surface area contributed by atoms with Crippen molar-refractivity contribution in [1.29, 1.82) is 0 Å². The highest BCUT2D eigenvalue weighted by molar-refractivity contribution is 5.47. The number of fused-ring (bicyclic) bond motifs is 5. The predicted molar refractivity (Wildman–Crippen MR) is 108 cm³/mol. The van der Waals surface area contributed by atoms with Crippen molar-refractivity contribution in [3.8, 4) is 5.75 Å². The molecule has 0 aliphatic heterocycles. The lowest BCUT2D eigenvalue weighted by molar-refractivity contribution is -0.0273. The third kappa shape index (κ3) is 3.11. The molecule has 1 aromatic rings. The fourth-order valence-corrected chi connectivity index (χ4v) is 6.74. The third-order valence-corrected chi connectivity index (χ3v) is 8.06. The summed E-state index contributed by atoms with van der Waals surface area (Å²) < 4.78 is 5.58. The van der Waals surface area contributed by atoms with Crippen LogP contribution in [0.1, 0.15) is 81.4 Å². The first-order chi connectivity index (χ1) is 12.8. The van der Waals surface area contributed by atoms with Crippen LogP contribution in [0.2, 0.25) is 0 Å². The van der Waals surface area contributed by atoms with Gasteiger partial charge in [-0.2, -0.15) is 0 Å². The predicted octanol–water partition coefficient (Wildman–Crippen LogP) is 5.00. The summed E-state index contributed by atoms with van der Waals surface area (Å²) in [6, 6.07) is 4.36. The number of phenols is 1. The minimum absolute atomic E-state index is 0.0912. The van der Waals surface area contributed by atoms with E-state index in [9.17, 15) is 10.2 Å².